The summed E-state index contributed by atoms with van der Waals surface area (Å²) < 4.78 is 0. The Morgan fingerprint density at radius 3 is 2.07 bits per heavy atom. The maximum absolute atomic E-state index is 13.2. The van der Waals surface area contributed by atoms with Crippen molar-refractivity contribution in [2.45, 2.75) is 76.3 Å². The molecule has 2 fully saturated rings. The Morgan fingerprint density at radius 1 is 0.963 bits per heavy atom. The van der Waals surface area contributed by atoms with E-state index < -0.39 is 18.4 Å². The number of amides is 3. The van der Waals surface area contributed by atoms with Gasteiger partial charge in [0.05, 0.1) is 12.1 Å². The molecular formula is C19H29N3O5. The smallest absolute Gasteiger partial charge is 0.327 e. The summed E-state index contributed by atoms with van der Waals surface area (Å²) >= 11 is 0. The van der Waals surface area contributed by atoms with Gasteiger partial charge in [-0.15, -0.1) is 0 Å². The summed E-state index contributed by atoms with van der Waals surface area (Å²) in [6, 6.07) is -0.270. The molecule has 27 heavy (non-hydrogen) atoms. The summed E-state index contributed by atoms with van der Waals surface area (Å²) in [6.07, 6.45) is 9.75. The van der Waals surface area contributed by atoms with Crippen LogP contribution in [0, 0.1) is 0 Å². The van der Waals surface area contributed by atoms with Gasteiger partial charge in [-0.25, -0.2) is 4.79 Å². The van der Waals surface area contributed by atoms with E-state index in [1.165, 1.54) is 4.90 Å². The van der Waals surface area contributed by atoms with Crippen molar-refractivity contribution in [2.75, 3.05) is 13.1 Å². The minimum atomic E-state index is -1.15. The van der Waals surface area contributed by atoms with Crippen LogP contribution in [0.5, 0.6) is 0 Å². The number of hydrogen-bond acceptors (Lipinski definition) is 4. The van der Waals surface area contributed by atoms with E-state index in [1.54, 1.807) is 4.90 Å². The first-order chi connectivity index (χ1) is 13.0. The van der Waals surface area contributed by atoms with Crippen molar-refractivity contribution in [2.24, 2.45) is 0 Å². The topological polar surface area (TPSA) is 110 Å². The number of carbonyl (C=O) groups is 3. The zero-order chi connectivity index (χ0) is 19.4. The van der Waals surface area contributed by atoms with Crippen LogP contribution in [0.4, 0.5) is 4.79 Å². The first-order valence-electron chi connectivity index (χ1n) is 10.0. The Morgan fingerprint density at radius 2 is 1.52 bits per heavy atom. The zero-order valence-electron chi connectivity index (χ0n) is 15.7. The van der Waals surface area contributed by atoms with Gasteiger partial charge < -0.3 is 20.4 Å². The van der Waals surface area contributed by atoms with Crippen LogP contribution in [0.2, 0.25) is 0 Å². The van der Waals surface area contributed by atoms with Gasteiger partial charge >= 0.3 is 12.0 Å². The second-order valence-electron chi connectivity index (χ2n) is 7.74. The largest absolute Gasteiger partial charge is 0.494 e. The van der Waals surface area contributed by atoms with Gasteiger partial charge in [-0.3, -0.25) is 14.5 Å². The SMILES string of the molecule is O=C(O)CNC(=O)C1=C(O)N(C2CCCCC2)C(=O)N(C2CCCCC2)C1. The Hall–Kier alpha value is -2.25. The molecule has 8 heteroatoms. The third-order valence-electron chi connectivity index (χ3n) is 5.91. The molecule has 2 saturated carbocycles. The summed E-state index contributed by atoms with van der Waals surface area (Å²) in [5, 5.41) is 21.9. The number of aliphatic hydroxyl groups excluding tert-OH is 1. The number of carboxylic acid groups (broad SMARTS) is 1. The molecule has 2 aliphatic carbocycles. The van der Waals surface area contributed by atoms with Crippen LogP contribution in [0.3, 0.4) is 0 Å². The Bertz CT molecular complexity index is 621. The molecule has 0 saturated heterocycles. The highest BCUT2D eigenvalue weighted by Crippen LogP contribution is 2.33. The first-order valence-corrected chi connectivity index (χ1v) is 10.0. The number of carboxylic acids is 1. The van der Waals surface area contributed by atoms with Crippen molar-refractivity contribution < 1.29 is 24.6 Å². The van der Waals surface area contributed by atoms with Gasteiger partial charge in [0, 0.05) is 12.1 Å². The number of aliphatic hydroxyl groups is 1. The lowest BCUT2D eigenvalue weighted by Crippen LogP contribution is -2.57. The van der Waals surface area contributed by atoms with Crippen molar-refractivity contribution in [1.82, 2.24) is 15.1 Å². The fourth-order valence-corrected chi connectivity index (χ4v) is 4.47. The molecule has 0 aromatic carbocycles. The van der Waals surface area contributed by atoms with Gasteiger partial charge in [0.25, 0.3) is 5.91 Å². The van der Waals surface area contributed by atoms with Crippen LogP contribution in [0.25, 0.3) is 0 Å². The van der Waals surface area contributed by atoms with Crippen LogP contribution >= 0.6 is 0 Å². The lowest BCUT2D eigenvalue weighted by molar-refractivity contribution is -0.137. The normalized spacial score (nSPS) is 22.9. The Labute approximate surface area is 159 Å². The lowest BCUT2D eigenvalue weighted by atomic mass is 9.91. The molecule has 1 aliphatic heterocycles. The van der Waals surface area contributed by atoms with Gasteiger partial charge in [-0.1, -0.05) is 38.5 Å². The predicted molar refractivity (Wildman–Crippen MR) is 98.0 cm³/mol. The monoisotopic (exact) mass is 379 g/mol. The summed E-state index contributed by atoms with van der Waals surface area (Å²) in [5.74, 6) is -2.07. The van der Waals surface area contributed by atoms with E-state index in [1.807, 2.05) is 0 Å². The molecule has 3 N–H and O–H groups in total. The van der Waals surface area contributed by atoms with Crippen molar-refractivity contribution in [3.63, 3.8) is 0 Å². The third-order valence-corrected chi connectivity index (χ3v) is 5.91. The predicted octanol–water partition coefficient (Wildman–Crippen LogP) is 2.36. The highest BCUT2D eigenvalue weighted by Gasteiger charge is 2.42. The minimum absolute atomic E-state index is 0.0318. The summed E-state index contributed by atoms with van der Waals surface area (Å²) in [7, 11) is 0. The van der Waals surface area contributed by atoms with Crippen molar-refractivity contribution >= 4 is 17.9 Å². The molecule has 0 aromatic heterocycles. The third kappa shape index (κ3) is 4.36. The molecule has 0 spiro atoms. The number of nitrogens with one attached hydrogen (secondary N) is 1. The lowest BCUT2D eigenvalue weighted by Gasteiger charge is -2.44. The van der Waals surface area contributed by atoms with E-state index in [4.69, 9.17) is 5.11 Å². The van der Waals surface area contributed by atoms with Crippen molar-refractivity contribution in [3.05, 3.63) is 11.5 Å². The zero-order valence-corrected chi connectivity index (χ0v) is 15.7. The van der Waals surface area contributed by atoms with Crippen molar-refractivity contribution in [1.29, 1.82) is 0 Å². The Balaban J connectivity index is 1.87. The maximum atomic E-state index is 13.2. The molecule has 0 bridgehead atoms. The summed E-state index contributed by atoms with van der Waals surface area (Å²) in [6.45, 7) is -0.486. The first kappa shape index (κ1) is 19.5. The molecule has 3 rings (SSSR count). The van der Waals surface area contributed by atoms with Crippen LogP contribution in [0.15, 0.2) is 11.5 Å². The second kappa shape index (κ2) is 8.63. The van der Waals surface area contributed by atoms with Gasteiger partial charge in [-0.2, -0.15) is 0 Å². The average molecular weight is 379 g/mol. The van der Waals surface area contributed by atoms with E-state index in [-0.39, 0.29) is 36.1 Å². The second-order valence-corrected chi connectivity index (χ2v) is 7.74. The number of carbonyl (C=O) groups excluding carboxylic acids is 2. The van der Waals surface area contributed by atoms with Crippen LogP contribution < -0.4 is 5.32 Å². The molecule has 1 heterocycles. The minimum Gasteiger partial charge on any atom is -0.494 e. The molecule has 150 valence electrons. The molecule has 0 aromatic rings. The molecule has 3 aliphatic rings. The number of nitrogens with zero attached hydrogens (tertiary/aromatic N) is 2. The number of aliphatic carboxylic acids is 1. The fraction of sp³-hybridized carbons (Fsp3) is 0.737. The van der Waals surface area contributed by atoms with Crippen LogP contribution in [0.1, 0.15) is 64.2 Å². The van der Waals surface area contributed by atoms with Gasteiger partial charge in [-0.05, 0) is 25.7 Å². The summed E-state index contributed by atoms with van der Waals surface area (Å²) in [5.41, 5.74) is 0.0898. The highest BCUT2D eigenvalue weighted by atomic mass is 16.4. The van der Waals surface area contributed by atoms with E-state index in [9.17, 15) is 19.5 Å². The highest BCUT2D eigenvalue weighted by molar-refractivity contribution is 5.98. The molecule has 0 unspecified atom stereocenters. The quantitative estimate of drug-likeness (QED) is 0.679. The molecule has 0 atom stereocenters. The van der Waals surface area contributed by atoms with Crippen molar-refractivity contribution in [3.8, 4) is 0 Å². The molecule has 8 nitrogen and oxygen atoms in total. The fourth-order valence-electron chi connectivity index (χ4n) is 4.47. The van der Waals surface area contributed by atoms with Gasteiger partial charge in [0.2, 0.25) is 5.88 Å². The Kier molecular flexibility index (Phi) is 6.23. The van der Waals surface area contributed by atoms with E-state index >= 15 is 0 Å². The number of urea groups is 1. The summed E-state index contributed by atoms with van der Waals surface area (Å²) in [4.78, 5) is 39.6. The van der Waals surface area contributed by atoms with E-state index in [2.05, 4.69) is 5.32 Å². The molecular weight excluding hydrogens is 350 g/mol. The molecule has 3 amide bonds. The molecule has 0 radical (unpaired) electrons. The number of rotatable bonds is 5. The van der Waals surface area contributed by atoms with Gasteiger partial charge in [0.1, 0.15) is 6.54 Å². The van der Waals surface area contributed by atoms with Gasteiger partial charge in [0.15, 0.2) is 0 Å². The van der Waals surface area contributed by atoms with E-state index in [0.29, 0.717) is 0 Å². The van der Waals surface area contributed by atoms with E-state index in [0.717, 1.165) is 64.2 Å². The standard InChI is InChI=1S/C19H29N3O5/c23-16(24)11-20-17(25)15-12-21(13-7-3-1-4-8-13)19(27)22(18(15)26)14-9-5-2-6-10-14/h13-14,26H,1-12H2,(H,20,25)(H,23,24). The maximum Gasteiger partial charge on any atom is 0.327 e. The van der Waals surface area contributed by atoms with Crippen LogP contribution in [-0.4, -0.2) is 63.1 Å². The average Bonchev–Trinajstić information content (AvgIpc) is 2.68. The number of hydrogen-bond donors (Lipinski definition) is 3. The van der Waals surface area contributed by atoms with Crippen LogP contribution in [-0.2, 0) is 9.59 Å².